The Labute approximate surface area is 118 Å². The second-order valence-corrected chi connectivity index (χ2v) is 5.38. The van der Waals surface area contributed by atoms with Gasteiger partial charge >= 0.3 is 0 Å². The first-order valence-electron chi connectivity index (χ1n) is 6.13. The zero-order valence-corrected chi connectivity index (χ0v) is 12.5. The first-order valence-corrected chi connectivity index (χ1v) is 7.52. The smallest absolute Gasteiger partial charge is 0.158 e. The molecule has 0 saturated heterocycles. The third kappa shape index (κ3) is 6.09. The largest absolute Gasteiger partial charge is 0.387 e. The molecule has 0 amide bonds. The molecule has 1 aromatic rings. The lowest BCUT2D eigenvalue weighted by Gasteiger charge is -2.22. The number of anilines is 2. The van der Waals surface area contributed by atoms with E-state index in [-0.39, 0.29) is 0 Å². The summed E-state index contributed by atoms with van der Waals surface area (Å²) < 4.78 is 5.25. The Kier molecular flexibility index (Phi) is 6.33. The van der Waals surface area contributed by atoms with Crippen LogP contribution in [0.1, 0.15) is 19.7 Å². The number of aliphatic hydroxyl groups is 1. The molecule has 6 nitrogen and oxygen atoms in total. The molecule has 4 N–H and O–H groups in total. The summed E-state index contributed by atoms with van der Waals surface area (Å²) in [7, 11) is 0. The fourth-order valence-electron chi connectivity index (χ4n) is 1.51. The van der Waals surface area contributed by atoms with Gasteiger partial charge in [0.05, 0.1) is 5.60 Å². The van der Waals surface area contributed by atoms with Gasteiger partial charge in [-0.3, -0.25) is 0 Å². The third-order valence-corrected chi connectivity index (χ3v) is 3.24. The van der Waals surface area contributed by atoms with Crippen LogP contribution in [-0.2, 0) is 11.3 Å². The molecule has 0 bridgehead atoms. The van der Waals surface area contributed by atoms with Gasteiger partial charge in [0.2, 0.25) is 0 Å². The van der Waals surface area contributed by atoms with Gasteiger partial charge in [0.25, 0.3) is 0 Å². The van der Waals surface area contributed by atoms with Crippen LogP contribution in [0.25, 0.3) is 0 Å². The average Bonchev–Trinajstić information content (AvgIpc) is 2.33. The van der Waals surface area contributed by atoms with Crippen molar-refractivity contribution in [2.24, 2.45) is 0 Å². The molecule has 1 heterocycles. The lowest BCUT2D eigenvalue weighted by Crippen LogP contribution is -2.36. The van der Waals surface area contributed by atoms with Crippen molar-refractivity contribution in [3.05, 3.63) is 11.9 Å². The Morgan fingerprint density at radius 2 is 2.26 bits per heavy atom. The van der Waals surface area contributed by atoms with Crippen molar-refractivity contribution in [3.63, 3.8) is 0 Å². The van der Waals surface area contributed by atoms with E-state index in [4.69, 9.17) is 10.5 Å². The van der Waals surface area contributed by atoms with Crippen LogP contribution in [0.5, 0.6) is 0 Å². The van der Waals surface area contributed by atoms with E-state index in [1.54, 1.807) is 24.8 Å². The third-order valence-electron chi connectivity index (χ3n) is 2.33. The Morgan fingerprint density at radius 3 is 2.89 bits per heavy atom. The standard InChI is InChI=1S/C12H22N4O2S/c1-4-18-6-11-15-9(13)5-10(16-11)14-7-12(2,17)8-19-3/h5,17H,4,6-8H2,1-3H3,(H3,13,14,15,16). The predicted molar refractivity (Wildman–Crippen MR) is 79.3 cm³/mol. The second-order valence-electron chi connectivity index (χ2n) is 4.51. The summed E-state index contributed by atoms with van der Waals surface area (Å²) in [5.41, 5.74) is 4.92. The van der Waals surface area contributed by atoms with Gasteiger partial charge in [-0.1, -0.05) is 0 Å². The zero-order chi connectivity index (χ0) is 14.3. The fraction of sp³-hybridized carbons (Fsp3) is 0.667. The van der Waals surface area contributed by atoms with Gasteiger partial charge in [0.1, 0.15) is 18.2 Å². The fourth-order valence-corrected chi connectivity index (χ4v) is 2.23. The van der Waals surface area contributed by atoms with Gasteiger partial charge in [0, 0.05) is 25.0 Å². The van der Waals surface area contributed by atoms with Gasteiger partial charge in [-0.2, -0.15) is 11.8 Å². The number of nitrogens with one attached hydrogen (secondary N) is 1. The number of nitrogens with two attached hydrogens (primary N) is 1. The summed E-state index contributed by atoms with van der Waals surface area (Å²) in [6, 6.07) is 1.64. The molecule has 0 spiro atoms. The SMILES string of the molecule is CCOCc1nc(N)cc(NCC(C)(O)CSC)n1. The summed E-state index contributed by atoms with van der Waals surface area (Å²) in [5, 5.41) is 13.2. The molecule has 7 heteroatoms. The molecule has 108 valence electrons. The molecule has 1 atom stereocenters. The Hall–Kier alpha value is -1.05. The molecule has 19 heavy (non-hydrogen) atoms. The molecular weight excluding hydrogens is 264 g/mol. The van der Waals surface area contributed by atoms with Crippen LogP contribution in [0.3, 0.4) is 0 Å². The van der Waals surface area contributed by atoms with Crippen LogP contribution in [0.2, 0.25) is 0 Å². The first kappa shape index (κ1) is 16.0. The Balaban J connectivity index is 2.65. The maximum Gasteiger partial charge on any atom is 0.158 e. The minimum absolute atomic E-state index is 0.331. The average molecular weight is 286 g/mol. The number of aromatic nitrogens is 2. The number of nitrogen functional groups attached to an aromatic ring is 1. The van der Waals surface area contributed by atoms with Crippen molar-refractivity contribution < 1.29 is 9.84 Å². The number of thioether (sulfide) groups is 1. The minimum Gasteiger partial charge on any atom is -0.387 e. The van der Waals surface area contributed by atoms with Gasteiger partial charge in [-0.05, 0) is 20.1 Å². The van der Waals surface area contributed by atoms with E-state index in [0.717, 1.165) is 0 Å². The monoisotopic (exact) mass is 286 g/mol. The number of hydrogen-bond donors (Lipinski definition) is 3. The summed E-state index contributed by atoms with van der Waals surface area (Å²) in [4.78, 5) is 8.38. The van der Waals surface area contributed by atoms with Crippen LogP contribution < -0.4 is 11.1 Å². The highest BCUT2D eigenvalue weighted by Crippen LogP contribution is 2.14. The summed E-state index contributed by atoms with van der Waals surface area (Å²) in [6.07, 6.45) is 1.96. The van der Waals surface area contributed by atoms with Crippen molar-refractivity contribution in [1.29, 1.82) is 0 Å². The van der Waals surface area contributed by atoms with E-state index < -0.39 is 5.60 Å². The molecule has 0 aromatic carbocycles. The zero-order valence-electron chi connectivity index (χ0n) is 11.6. The van der Waals surface area contributed by atoms with Crippen LogP contribution in [0.4, 0.5) is 11.6 Å². The number of hydrogen-bond acceptors (Lipinski definition) is 7. The molecule has 1 aromatic heterocycles. The number of rotatable bonds is 8. The topological polar surface area (TPSA) is 93.3 Å². The molecule has 1 unspecified atom stereocenters. The molecule has 0 saturated carbocycles. The Bertz CT molecular complexity index is 401. The lowest BCUT2D eigenvalue weighted by atomic mass is 10.1. The van der Waals surface area contributed by atoms with Crippen LogP contribution in [0, 0.1) is 0 Å². The summed E-state index contributed by atoms with van der Waals surface area (Å²) >= 11 is 1.59. The van der Waals surface area contributed by atoms with Crippen LogP contribution in [0.15, 0.2) is 6.07 Å². The molecule has 0 aliphatic heterocycles. The van der Waals surface area contributed by atoms with Gasteiger partial charge < -0.3 is 20.9 Å². The highest BCUT2D eigenvalue weighted by Gasteiger charge is 2.19. The highest BCUT2D eigenvalue weighted by atomic mass is 32.2. The highest BCUT2D eigenvalue weighted by molar-refractivity contribution is 7.98. The van der Waals surface area contributed by atoms with Crippen molar-refractivity contribution in [3.8, 4) is 0 Å². The van der Waals surface area contributed by atoms with Crippen LogP contribution >= 0.6 is 11.8 Å². The van der Waals surface area contributed by atoms with Crippen molar-refractivity contribution in [2.75, 3.05) is 36.2 Å². The van der Waals surface area contributed by atoms with Gasteiger partial charge in [-0.15, -0.1) is 0 Å². The van der Waals surface area contributed by atoms with E-state index in [0.29, 0.717) is 43.0 Å². The molecule has 0 aliphatic carbocycles. The lowest BCUT2D eigenvalue weighted by molar-refractivity contribution is 0.0996. The Morgan fingerprint density at radius 1 is 1.53 bits per heavy atom. The maximum absolute atomic E-state index is 10.1. The quantitative estimate of drug-likeness (QED) is 0.659. The number of ether oxygens (including phenoxy) is 1. The molecule has 1 rings (SSSR count). The van der Waals surface area contributed by atoms with E-state index in [9.17, 15) is 5.11 Å². The van der Waals surface area contributed by atoms with Gasteiger partial charge in [0.15, 0.2) is 5.82 Å². The van der Waals surface area contributed by atoms with E-state index in [1.165, 1.54) is 0 Å². The minimum atomic E-state index is -0.792. The van der Waals surface area contributed by atoms with Crippen LogP contribution in [-0.4, -0.2) is 45.8 Å². The molecule has 0 radical (unpaired) electrons. The van der Waals surface area contributed by atoms with Gasteiger partial charge in [-0.25, -0.2) is 9.97 Å². The molecule has 0 fully saturated rings. The van der Waals surface area contributed by atoms with E-state index >= 15 is 0 Å². The normalized spacial score (nSPS) is 14.1. The van der Waals surface area contributed by atoms with Crippen molar-refractivity contribution in [2.45, 2.75) is 26.1 Å². The summed E-state index contributed by atoms with van der Waals surface area (Å²) in [5.74, 6) is 2.17. The van der Waals surface area contributed by atoms with Crippen molar-refractivity contribution in [1.82, 2.24) is 9.97 Å². The van der Waals surface area contributed by atoms with E-state index in [1.807, 2.05) is 13.2 Å². The van der Waals surface area contributed by atoms with E-state index in [2.05, 4.69) is 15.3 Å². The molecule has 0 aliphatic rings. The predicted octanol–water partition coefficient (Wildman–Crippen LogP) is 1.12. The second kappa shape index (κ2) is 7.52. The van der Waals surface area contributed by atoms with Crippen molar-refractivity contribution >= 4 is 23.4 Å². The molecular formula is C12H22N4O2S. The number of nitrogens with zero attached hydrogens (tertiary/aromatic N) is 2. The first-order chi connectivity index (χ1) is 8.96. The summed E-state index contributed by atoms with van der Waals surface area (Å²) in [6.45, 7) is 5.02. The maximum atomic E-state index is 10.1.